The summed E-state index contributed by atoms with van der Waals surface area (Å²) in [7, 11) is 3.22. The molecule has 3 nitrogen and oxygen atoms in total. The van der Waals surface area contributed by atoms with Gasteiger partial charge in [0.1, 0.15) is 0 Å². The maximum Gasteiger partial charge on any atom is 0.179 e. The molecule has 0 amide bonds. The molecule has 1 rings (SSSR count). The molecule has 0 spiro atoms. The average Bonchev–Trinajstić information content (AvgIpc) is 2.16. The topological polar surface area (TPSA) is 31.4 Å². The molecule has 0 N–H and O–H groups in total. The lowest BCUT2D eigenvalue weighted by Crippen LogP contribution is -1.94. The number of nitrogens with zero attached hydrogens (tertiary/aromatic N) is 1. The number of pyridine rings is 1. The molecule has 1 heterocycles. The van der Waals surface area contributed by atoms with Gasteiger partial charge < -0.3 is 9.47 Å². The van der Waals surface area contributed by atoms with E-state index in [9.17, 15) is 0 Å². The predicted octanol–water partition coefficient (Wildman–Crippen LogP) is 1.66. The average molecular weight is 167 g/mol. The van der Waals surface area contributed by atoms with Crippen molar-refractivity contribution in [1.29, 1.82) is 0 Å². The van der Waals surface area contributed by atoms with Gasteiger partial charge in [-0.3, -0.25) is 4.98 Å². The van der Waals surface area contributed by atoms with Gasteiger partial charge >= 0.3 is 0 Å². The van der Waals surface area contributed by atoms with Gasteiger partial charge in [-0.05, 0) is 6.42 Å². The van der Waals surface area contributed by atoms with Crippen LogP contribution < -0.4 is 9.47 Å². The van der Waals surface area contributed by atoms with Crippen LogP contribution in [0.2, 0.25) is 0 Å². The van der Waals surface area contributed by atoms with Crippen molar-refractivity contribution in [2.24, 2.45) is 0 Å². The summed E-state index contributed by atoms with van der Waals surface area (Å²) in [6.45, 7) is 2.05. The first kappa shape index (κ1) is 8.84. The molecule has 66 valence electrons. The summed E-state index contributed by atoms with van der Waals surface area (Å²) in [6, 6.07) is 1.89. The summed E-state index contributed by atoms with van der Waals surface area (Å²) in [6.07, 6.45) is 2.58. The molecule has 0 aromatic carbocycles. The molecule has 0 bridgehead atoms. The van der Waals surface area contributed by atoms with Crippen LogP contribution >= 0.6 is 0 Å². The molecule has 1 aromatic heterocycles. The van der Waals surface area contributed by atoms with Gasteiger partial charge in [-0.1, -0.05) is 6.92 Å². The van der Waals surface area contributed by atoms with E-state index in [2.05, 4.69) is 4.98 Å². The van der Waals surface area contributed by atoms with Crippen molar-refractivity contribution in [1.82, 2.24) is 4.98 Å². The largest absolute Gasteiger partial charge is 0.493 e. The number of aryl methyl sites for hydroxylation is 1. The zero-order valence-electron chi connectivity index (χ0n) is 7.63. The molecule has 0 fully saturated rings. The summed E-state index contributed by atoms with van der Waals surface area (Å²) in [5.74, 6) is 1.42. The lowest BCUT2D eigenvalue weighted by molar-refractivity contribution is 0.352. The Kier molecular flexibility index (Phi) is 2.91. The Balaban J connectivity index is 3.02. The fourth-order valence-electron chi connectivity index (χ4n) is 0.971. The summed E-state index contributed by atoms with van der Waals surface area (Å²) in [5.41, 5.74) is 1.01. The number of hydrogen-bond acceptors (Lipinski definition) is 3. The Morgan fingerprint density at radius 2 is 1.92 bits per heavy atom. The number of ether oxygens (including phenoxy) is 2. The zero-order valence-corrected chi connectivity index (χ0v) is 7.63. The minimum atomic E-state index is 0.676. The lowest BCUT2D eigenvalue weighted by Gasteiger charge is -2.07. The fraction of sp³-hybridized carbons (Fsp3) is 0.444. The molecular formula is C9H13NO2. The Morgan fingerprint density at radius 3 is 2.42 bits per heavy atom. The first-order chi connectivity index (χ1) is 5.81. The molecule has 1 aromatic rings. The second-order valence-corrected chi connectivity index (χ2v) is 2.38. The quantitative estimate of drug-likeness (QED) is 0.686. The number of methoxy groups -OCH3 is 2. The van der Waals surface area contributed by atoms with Crippen LogP contribution in [0.1, 0.15) is 12.6 Å². The normalized spacial score (nSPS) is 9.58. The summed E-state index contributed by atoms with van der Waals surface area (Å²) >= 11 is 0. The van der Waals surface area contributed by atoms with Crippen molar-refractivity contribution < 1.29 is 9.47 Å². The summed E-state index contributed by atoms with van der Waals surface area (Å²) in [5, 5.41) is 0. The first-order valence-electron chi connectivity index (χ1n) is 3.88. The highest BCUT2D eigenvalue weighted by molar-refractivity contribution is 5.38. The minimum Gasteiger partial charge on any atom is -0.493 e. The minimum absolute atomic E-state index is 0.676. The van der Waals surface area contributed by atoms with Gasteiger partial charge in [-0.25, -0.2) is 0 Å². The van der Waals surface area contributed by atoms with E-state index >= 15 is 0 Å². The third-order valence-electron chi connectivity index (χ3n) is 1.69. The van der Waals surface area contributed by atoms with Crippen LogP contribution in [0, 0.1) is 0 Å². The van der Waals surface area contributed by atoms with E-state index in [4.69, 9.17) is 9.47 Å². The molecular weight excluding hydrogens is 154 g/mol. The maximum atomic E-state index is 5.11. The zero-order chi connectivity index (χ0) is 8.97. The Bertz CT molecular complexity index is 261. The van der Waals surface area contributed by atoms with Crippen LogP contribution in [0.15, 0.2) is 12.3 Å². The smallest absolute Gasteiger partial charge is 0.179 e. The Labute approximate surface area is 72.3 Å². The molecule has 0 radical (unpaired) electrons. The third kappa shape index (κ3) is 1.67. The second kappa shape index (κ2) is 3.95. The van der Waals surface area contributed by atoms with E-state index in [0.717, 1.165) is 17.9 Å². The summed E-state index contributed by atoms with van der Waals surface area (Å²) in [4.78, 5) is 4.17. The van der Waals surface area contributed by atoms with E-state index in [1.807, 2.05) is 13.0 Å². The third-order valence-corrected chi connectivity index (χ3v) is 1.69. The highest BCUT2D eigenvalue weighted by Gasteiger charge is 2.03. The molecule has 0 saturated heterocycles. The van der Waals surface area contributed by atoms with Gasteiger partial charge in [-0.2, -0.15) is 0 Å². The number of rotatable bonds is 3. The molecule has 0 unspecified atom stereocenters. The number of hydrogen-bond donors (Lipinski definition) is 0. The molecule has 12 heavy (non-hydrogen) atoms. The molecule has 0 saturated carbocycles. The van der Waals surface area contributed by atoms with Crippen LogP contribution in [-0.4, -0.2) is 19.2 Å². The van der Waals surface area contributed by atoms with Crippen molar-refractivity contribution in [3.63, 3.8) is 0 Å². The van der Waals surface area contributed by atoms with Crippen LogP contribution in [0.3, 0.4) is 0 Å². The number of aromatic nitrogens is 1. The van der Waals surface area contributed by atoms with Crippen molar-refractivity contribution in [3.05, 3.63) is 18.0 Å². The highest BCUT2D eigenvalue weighted by atomic mass is 16.5. The van der Waals surface area contributed by atoms with Gasteiger partial charge in [0.2, 0.25) is 0 Å². The SMILES string of the molecule is CCc1cc(OC)c(OC)cn1. The van der Waals surface area contributed by atoms with Crippen molar-refractivity contribution >= 4 is 0 Å². The fourth-order valence-corrected chi connectivity index (χ4v) is 0.971. The molecule has 3 heteroatoms. The van der Waals surface area contributed by atoms with Crippen molar-refractivity contribution in [2.45, 2.75) is 13.3 Å². The Morgan fingerprint density at radius 1 is 1.25 bits per heavy atom. The van der Waals surface area contributed by atoms with Gasteiger partial charge in [0.15, 0.2) is 11.5 Å². The van der Waals surface area contributed by atoms with Gasteiger partial charge in [0.25, 0.3) is 0 Å². The summed E-state index contributed by atoms with van der Waals surface area (Å²) < 4.78 is 10.2. The molecule has 0 aliphatic rings. The maximum absolute atomic E-state index is 5.11. The van der Waals surface area contributed by atoms with E-state index in [1.54, 1.807) is 20.4 Å². The second-order valence-electron chi connectivity index (χ2n) is 2.38. The monoisotopic (exact) mass is 167 g/mol. The standard InChI is InChI=1S/C9H13NO2/c1-4-7-5-8(11-2)9(12-3)6-10-7/h5-6H,4H2,1-3H3. The van der Waals surface area contributed by atoms with E-state index in [1.165, 1.54) is 0 Å². The Hall–Kier alpha value is -1.25. The predicted molar refractivity (Wildman–Crippen MR) is 46.7 cm³/mol. The van der Waals surface area contributed by atoms with Gasteiger partial charge in [0, 0.05) is 11.8 Å². The van der Waals surface area contributed by atoms with E-state index < -0.39 is 0 Å². The van der Waals surface area contributed by atoms with E-state index in [0.29, 0.717) is 5.75 Å². The first-order valence-corrected chi connectivity index (χ1v) is 3.88. The van der Waals surface area contributed by atoms with Gasteiger partial charge in [0.05, 0.1) is 20.4 Å². The van der Waals surface area contributed by atoms with E-state index in [-0.39, 0.29) is 0 Å². The molecule has 0 aliphatic carbocycles. The van der Waals surface area contributed by atoms with Crippen LogP contribution in [0.25, 0.3) is 0 Å². The lowest BCUT2D eigenvalue weighted by atomic mass is 10.3. The van der Waals surface area contributed by atoms with Crippen molar-refractivity contribution in [3.8, 4) is 11.5 Å². The van der Waals surface area contributed by atoms with Crippen molar-refractivity contribution in [2.75, 3.05) is 14.2 Å². The highest BCUT2D eigenvalue weighted by Crippen LogP contribution is 2.25. The van der Waals surface area contributed by atoms with Crippen LogP contribution in [-0.2, 0) is 6.42 Å². The van der Waals surface area contributed by atoms with Crippen LogP contribution in [0.5, 0.6) is 11.5 Å². The van der Waals surface area contributed by atoms with Gasteiger partial charge in [-0.15, -0.1) is 0 Å². The van der Waals surface area contributed by atoms with Crippen LogP contribution in [0.4, 0.5) is 0 Å². The molecule has 0 atom stereocenters. The molecule has 0 aliphatic heterocycles.